The number of carbonyl (C=O) groups is 2. The third-order valence-corrected chi connectivity index (χ3v) is 4.50. The van der Waals surface area contributed by atoms with E-state index in [9.17, 15) is 0 Å². The average Bonchev–Trinajstić information content (AvgIpc) is 2.73. The Balaban J connectivity index is 0.000000656. The van der Waals surface area contributed by atoms with E-state index < -0.39 is 11.9 Å². The smallest absolute Gasteiger partial charge is 0.414 e. The Labute approximate surface area is 179 Å². The van der Waals surface area contributed by atoms with Crippen LogP contribution in [0.1, 0.15) is 49.0 Å². The molecule has 1 unspecified atom stereocenters. The van der Waals surface area contributed by atoms with Crippen LogP contribution in [0, 0.1) is 0 Å². The molecule has 0 heterocycles. The molecule has 2 aromatic rings. The molecule has 2 rings (SSSR count). The molecule has 6 nitrogen and oxygen atoms in total. The van der Waals surface area contributed by atoms with E-state index in [0.717, 1.165) is 19.6 Å². The maximum absolute atomic E-state index is 9.10. The van der Waals surface area contributed by atoms with Gasteiger partial charge in [-0.2, -0.15) is 0 Å². The van der Waals surface area contributed by atoms with Crippen molar-refractivity contribution in [2.45, 2.75) is 38.7 Å². The molecule has 0 radical (unpaired) electrons. The van der Waals surface area contributed by atoms with Gasteiger partial charge in [0.25, 0.3) is 0 Å². The second kappa shape index (κ2) is 14.3. The Morgan fingerprint density at radius 3 is 2.10 bits per heavy atom. The highest BCUT2D eigenvalue weighted by molar-refractivity contribution is 6.27. The molecule has 0 aliphatic carbocycles. The van der Waals surface area contributed by atoms with E-state index >= 15 is 0 Å². The number of unbranched alkanes of at least 4 members (excludes halogenated alkanes) is 2. The molecule has 0 bridgehead atoms. The van der Waals surface area contributed by atoms with Crippen molar-refractivity contribution in [2.75, 3.05) is 27.2 Å². The Hall–Kier alpha value is -2.70. The zero-order valence-corrected chi connectivity index (χ0v) is 18.1. The van der Waals surface area contributed by atoms with Gasteiger partial charge in [0, 0.05) is 6.54 Å². The predicted molar refractivity (Wildman–Crippen MR) is 118 cm³/mol. The van der Waals surface area contributed by atoms with Gasteiger partial charge >= 0.3 is 11.9 Å². The number of nitrogens with zero attached hydrogens (tertiary/aromatic N) is 1. The largest absolute Gasteiger partial charge is 0.473 e. The number of aliphatic carboxylic acids is 2. The number of benzene rings is 2. The fraction of sp³-hybridized carbons (Fsp3) is 0.417. The molecule has 0 fully saturated rings. The number of hydrogen-bond donors (Lipinski definition) is 2. The second-order valence-corrected chi connectivity index (χ2v) is 7.23. The van der Waals surface area contributed by atoms with Gasteiger partial charge in [0.1, 0.15) is 6.10 Å². The van der Waals surface area contributed by atoms with Gasteiger partial charge in [0.15, 0.2) is 0 Å². The van der Waals surface area contributed by atoms with Crippen LogP contribution in [0.3, 0.4) is 0 Å². The molecule has 2 N–H and O–H groups in total. The summed E-state index contributed by atoms with van der Waals surface area (Å²) in [6, 6.07) is 19.4. The Bertz CT molecular complexity index is 749. The quantitative estimate of drug-likeness (QED) is 0.446. The topological polar surface area (TPSA) is 87.1 Å². The standard InChI is InChI=1S/C22H31NO.C2H2O4/c1-4-5-7-12-19-13-10-11-16-21(19)22(24-18-17-23(2)3)20-14-8-6-9-15-20;3-1(4)2(5)6/h6,8-11,13-16,22H,4-5,7,12,17-18H2,1-3H3;(H,3,4)(H,5,6). The van der Waals surface area contributed by atoms with Crippen LogP contribution in [-0.4, -0.2) is 54.3 Å². The highest BCUT2D eigenvalue weighted by atomic mass is 16.5. The summed E-state index contributed by atoms with van der Waals surface area (Å²) in [6.07, 6.45) is 4.93. The Morgan fingerprint density at radius 1 is 0.933 bits per heavy atom. The maximum atomic E-state index is 9.10. The van der Waals surface area contributed by atoms with E-state index in [1.165, 1.54) is 36.0 Å². The summed E-state index contributed by atoms with van der Waals surface area (Å²) in [5.74, 6) is -3.65. The van der Waals surface area contributed by atoms with Gasteiger partial charge in [-0.05, 0) is 43.6 Å². The van der Waals surface area contributed by atoms with Crippen molar-refractivity contribution < 1.29 is 24.5 Å². The predicted octanol–water partition coefficient (Wildman–Crippen LogP) is 4.24. The van der Waals surface area contributed by atoms with Crippen molar-refractivity contribution >= 4 is 11.9 Å². The lowest BCUT2D eigenvalue weighted by Gasteiger charge is -2.23. The monoisotopic (exact) mass is 415 g/mol. The number of aryl methyl sites for hydroxylation is 1. The molecule has 6 heteroatoms. The molecule has 0 aromatic heterocycles. The fourth-order valence-electron chi connectivity index (χ4n) is 2.93. The van der Waals surface area contributed by atoms with Crippen LogP contribution in [0.2, 0.25) is 0 Å². The summed E-state index contributed by atoms with van der Waals surface area (Å²) in [5, 5.41) is 14.8. The molecule has 2 aromatic carbocycles. The Morgan fingerprint density at radius 2 is 1.53 bits per heavy atom. The van der Waals surface area contributed by atoms with Crippen molar-refractivity contribution in [3.8, 4) is 0 Å². The van der Waals surface area contributed by atoms with Crippen LogP contribution in [0.15, 0.2) is 54.6 Å². The first-order valence-electron chi connectivity index (χ1n) is 10.2. The van der Waals surface area contributed by atoms with Gasteiger partial charge in [-0.3, -0.25) is 0 Å². The second-order valence-electron chi connectivity index (χ2n) is 7.23. The van der Waals surface area contributed by atoms with Crippen molar-refractivity contribution in [3.63, 3.8) is 0 Å². The molecule has 1 atom stereocenters. The number of ether oxygens (including phenoxy) is 1. The molecule has 0 aliphatic rings. The minimum Gasteiger partial charge on any atom is -0.473 e. The molecular formula is C24H33NO5. The third-order valence-electron chi connectivity index (χ3n) is 4.50. The zero-order chi connectivity index (χ0) is 22.4. The summed E-state index contributed by atoms with van der Waals surface area (Å²) in [5.41, 5.74) is 3.97. The molecule has 0 amide bonds. The number of rotatable bonds is 10. The van der Waals surface area contributed by atoms with E-state index in [4.69, 9.17) is 24.5 Å². The minimum absolute atomic E-state index is 0.0176. The van der Waals surface area contributed by atoms with Crippen molar-refractivity contribution in [3.05, 3.63) is 71.3 Å². The van der Waals surface area contributed by atoms with Crippen LogP contribution >= 0.6 is 0 Å². The maximum Gasteiger partial charge on any atom is 0.414 e. The van der Waals surface area contributed by atoms with Gasteiger partial charge in [0.2, 0.25) is 0 Å². The average molecular weight is 416 g/mol. The van der Waals surface area contributed by atoms with Crippen LogP contribution in [0.5, 0.6) is 0 Å². The van der Waals surface area contributed by atoms with E-state index in [1.54, 1.807) is 0 Å². The summed E-state index contributed by atoms with van der Waals surface area (Å²) < 4.78 is 6.33. The zero-order valence-electron chi connectivity index (χ0n) is 18.1. The van der Waals surface area contributed by atoms with Crippen molar-refractivity contribution in [1.82, 2.24) is 4.90 Å². The van der Waals surface area contributed by atoms with Crippen LogP contribution in [0.4, 0.5) is 0 Å². The summed E-state index contributed by atoms with van der Waals surface area (Å²) >= 11 is 0. The summed E-state index contributed by atoms with van der Waals surface area (Å²) in [7, 11) is 4.17. The van der Waals surface area contributed by atoms with Crippen LogP contribution < -0.4 is 0 Å². The first kappa shape index (κ1) is 25.3. The number of likely N-dealkylation sites (N-methyl/N-ethyl adjacent to an activating group) is 1. The van der Waals surface area contributed by atoms with E-state index in [-0.39, 0.29) is 6.10 Å². The van der Waals surface area contributed by atoms with Gasteiger partial charge < -0.3 is 19.8 Å². The van der Waals surface area contributed by atoms with Gasteiger partial charge in [0.05, 0.1) is 6.61 Å². The van der Waals surface area contributed by atoms with Gasteiger partial charge in [-0.25, -0.2) is 9.59 Å². The van der Waals surface area contributed by atoms with Crippen LogP contribution in [-0.2, 0) is 20.7 Å². The number of carboxylic acid groups (broad SMARTS) is 2. The van der Waals surface area contributed by atoms with E-state index in [0.29, 0.717) is 0 Å². The molecule has 0 aliphatic heterocycles. The molecule has 0 saturated heterocycles. The van der Waals surface area contributed by atoms with Crippen molar-refractivity contribution in [1.29, 1.82) is 0 Å². The first-order chi connectivity index (χ1) is 14.4. The lowest BCUT2D eigenvalue weighted by molar-refractivity contribution is -0.159. The van der Waals surface area contributed by atoms with Gasteiger partial charge in [-0.15, -0.1) is 0 Å². The summed E-state index contributed by atoms with van der Waals surface area (Å²) in [4.78, 5) is 20.4. The normalized spacial score (nSPS) is 11.5. The lowest BCUT2D eigenvalue weighted by atomic mass is 9.93. The SMILES string of the molecule is CCCCCc1ccccc1C(OCCN(C)C)c1ccccc1.O=C(O)C(=O)O. The molecular weight excluding hydrogens is 382 g/mol. The molecule has 30 heavy (non-hydrogen) atoms. The fourth-order valence-corrected chi connectivity index (χ4v) is 2.93. The minimum atomic E-state index is -1.82. The van der Waals surface area contributed by atoms with Crippen LogP contribution in [0.25, 0.3) is 0 Å². The first-order valence-corrected chi connectivity index (χ1v) is 10.2. The van der Waals surface area contributed by atoms with E-state index in [1.807, 2.05) is 0 Å². The molecule has 0 spiro atoms. The number of hydrogen-bond acceptors (Lipinski definition) is 4. The van der Waals surface area contributed by atoms with E-state index in [2.05, 4.69) is 80.5 Å². The van der Waals surface area contributed by atoms with Crippen molar-refractivity contribution in [2.24, 2.45) is 0 Å². The lowest BCUT2D eigenvalue weighted by Crippen LogP contribution is -2.20. The number of carboxylic acids is 2. The van der Waals surface area contributed by atoms with Gasteiger partial charge in [-0.1, -0.05) is 74.4 Å². The Kier molecular flexibility index (Phi) is 12.1. The molecule has 0 saturated carbocycles. The third kappa shape index (κ3) is 9.67. The summed E-state index contributed by atoms with van der Waals surface area (Å²) in [6.45, 7) is 3.92. The molecule has 164 valence electrons. The highest BCUT2D eigenvalue weighted by Crippen LogP contribution is 2.29. The highest BCUT2D eigenvalue weighted by Gasteiger charge is 2.17.